The summed E-state index contributed by atoms with van der Waals surface area (Å²) in [5.41, 5.74) is 9.23. The van der Waals surface area contributed by atoms with Gasteiger partial charge in [-0.1, -0.05) is 24.3 Å². The Bertz CT molecular complexity index is 1170. The Kier molecular flexibility index (Phi) is 6.14. The third kappa shape index (κ3) is 4.64. The smallest absolute Gasteiger partial charge is 0.336 e. The van der Waals surface area contributed by atoms with E-state index in [2.05, 4.69) is 53.3 Å². The Morgan fingerprint density at radius 1 is 1.12 bits per heavy atom. The van der Waals surface area contributed by atoms with Crippen molar-refractivity contribution >= 4 is 11.7 Å². The number of benzene rings is 2. The van der Waals surface area contributed by atoms with Gasteiger partial charge in [-0.25, -0.2) is 4.79 Å². The number of rotatable bonds is 7. The maximum absolute atomic E-state index is 11.5. The second-order valence-corrected chi connectivity index (χ2v) is 9.30. The summed E-state index contributed by atoms with van der Waals surface area (Å²) in [7, 11) is 2.15. The summed E-state index contributed by atoms with van der Waals surface area (Å²) >= 11 is 0. The van der Waals surface area contributed by atoms with Crippen LogP contribution in [0.25, 0.3) is 0 Å². The molecule has 5 rings (SSSR count). The number of carboxylic acid groups (broad SMARTS) is 1. The topological polar surface area (TPSA) is 62.7 Å². The van der Waals surface area contributed by atoms with Crippen LogP contribution in [0, 0.1) is 0 Å². The Labute approximate surface area is 195 Å². The van der Waals surface area contributed by atoms with Gasteiger partial charge in [0.1, 0.15) is 0 Å². The molecule has 1 aromatic heterocycles. The third-order valence-electron chi connectivity index (χ3n) is 7.11. The van der Waals surface area contributed by atoms with Gasteiger partial charge in [0.15, 0.2) is 0 Å². The highest BCUT2D eigenvalue weighted by Crippen LogP contribution is 2.37. The largest absolute Gasteiger partial charge is 0.478 e. The second kappa shape index (κ2) is 9.36. The fourth-order valence-electron chi connectivity index (χ4n) is 5.29. The third-order valence-corrected chi connectivity index (χ3v) is 7.11. The molecule has 2 heterocycles. The number of aryl methyl sites for hydroxylation is 2. The van der Waals surface area contributed by atoms with Crippen LogP contribution in [-0.2, 0) is 37.3 Å². The van der Waals surface area contributed by atoms with Crippen molar-refractivity contribution in [3.05, 3.63) is 93.8 Å². The van der Waals surface area contributed by atoms with Crippen LogP contribution in [0.3, 0.4) is 0 Å². The zero-order valence-corrected chi connectivity index (χ0v) is 19.1. The van der Waals surface area contributed by atoms with Crippen molar-refractivity contribution < 1.29 is 14.6 Å². The van der Waals surface area contributed by atoms with Gasteiger partial charge in [0.2, 0.25) is 0 Å². The van der Waals surface area contributed by atoms with Gasteiger partial charge < -0.3 is 14.7 Å². The quantitative estimate of drug-likeness (QED) is 0.524. The van der Waals surface area contributed by atoms with Crippen LogP contribution in [-0.4, -0.2) is 23.1 Å². The Morgan fingerprint density at radius 2 is 2.00 bits per heavy atom. The Hall–Kier alpha value is -3.18. The average Bonchev–Trinajstić information content (AvgIpc) is 3.30. The van der Waals surface area contributed by atoms with Gasteiger partial charge >= 0.3 is 5.97 Å². The molecule has 0 amide bonds. The molecule has 1 N–H and O–H groups in total. The van der Waals surface area contributed by atoms with Gasteiger partial charge in [-0.3, -0.25) is 4.98 Å². The maximum Gasteiger partial charge on any atom is 0.336 e. The lowest BCUT2D eigenvalue weighted by Crippen LogP contribution is -2.18. The van der Waals surface area contributed by atoms with E-state index in [9.17, 15) is 9.90 Å². The van der Waals surface area contributed by atoms with Gasteiger partial charge in [-0.15, -0.1) is 0 Å². The van der Waals surface area contributed by atoms with Gasteiger partial charge in [0, 0.05) is 31.7 Å². The standard InChI is InChI=1S/C28H30N2O3/c1-30(16-19-5-6-23-17-33-18-24(23)13-19)25-9-10-26-20(3-2-4-21(26)14-25)7-8-22-15-29-12-11-27(22)28(31)32/h5-6,9-15,20H,2-4,7-8,16-18H2,1H3,(H,31,32)/t20-/m0/s1. The molecule has 0 spiro atoms. The molecular formula is C28H30N2O3. The first-order valence-corrected chi connectivity index (χ1v) is 11.8. The molecule has 5 heteroatoms. The highest BCUT2D eigenvalue weighted by atomic mass is 16.5. The molecule has 3 aromatic rings. The van der Waals surface area contributed by atoms with E-state index >= 15 is 0 Å². The van der Waals surface area contributed by atoms with E-state index in [0.717, 1.165) is 51.0 Å². The number of aromatic nitrogens is 1. The van der Waals surface area contributed by atoms with Gasteiger partial charge in [-0.2, -0.15) is 0 Å². The van der Waals surface area contributed by atoms with Crippen molar-refractivity contribution in [1.82, 2.24) is 4.98 Å². The highest BCUT2D eigenvalue weighted by molar-refractivity contribution is 5.89. The van der Waals surface area contributed by atoms with E-state index < -0.39 is 5.97 Å². The van der Waals surface area contributed by atoms with Crippen LogP contribution in [0.1, 0.15) is 68.9 Å². The van der Waals surface area contributed by atoms with Crippen LogP contribution >= 0.6 is 0 Å². The molecule has 1 aliphatic carbocycles. The molecule has 0 saturated carbocycles. The summed E-state index contributed by atoms with van der Waals surface area (Å²) in [6.45, 7) is 2.32. The molecule has 0 radical (unpaired) electrons. The van der Waals surface area contributed by atoms with E-state index in [1.165, 1.54) is 39.9 Å². The van der Waals surface area contributed by atoms with Crippen molar-refractivity contribution in [2.24, 2.45) is 0 Å². The predicted octanol–water partition coefficient (Wildman–Crippen LogP) is 5.50. The van der Waals surface area contributed by atoms with Crippen molar-refractivity contribution in [2.75, 3.05) is 11.9 Å². The number of hydrogen-bond donors (Lipinski definition) is 1. The highest BCUT2D eigenvalue weighted by Gasteiger charge is 2.22. The minimum atomic E-state index is -0.875. The van der Waals surface area contributed by atoms with E-state index in [4.69, 9.17) is 4.74 Å². The van der Waals surface area contributed by atoms with Crippen LogP contribution in [0.4, 0.5) is 5.69 Å². The first-order valence-electron chi connectivity index (χ1n) is 11.8. The molecule has 1 aliphatic heterocycles. The molecule has 2 aliphatic rings. The summed E-state index contributed by atoms with van der Waals surface area (Å²) < 4.78 is 5.55. The fourth-order valence-corrected chi connectivity index (χ4v) is 5.29. The monoisotopic (exact) mass is 442 g/mol. The van der Waals surface area contributed by atoms with Gasteiger partial charge in [-0.05, 0) is 89.6 Å². The molecular weight excluding hydrogens is 412 g/mol. The van der Waals surface area contributed by atoms with Crippen molar-refractivity contribution in [2.45, 2.75) is 57.8 Å². The van der Waals surface area contributed by atoms with Gasteiger partial charge in [0.05, 0.1) is 18.8 Å². The number of ether oxygens (including phenoxy) is 1. The minimum Gasteiger partial charge on any atom is -0.478 e. The van der Waals surface area contributed by atoms with Crippen molar-refractivity contribution in [1.29, 1.82) is 0 Å². The lowest BCUT2D eigenvalue weighted by Gasteiger charge is -2.28. The van der Waals surface area contributed by atoms with E-state index in [1.54, 1.807) is 18.5 Å². The molecule has 0 fully saturated rings. The molecule has 33 heavy (non-hydrogen) atoms. The number of nitrogens with zero attached hydrogens (tertiary/aromatic N) is 2. The van der Waals surface area contributed by atoms with Crippen LogP contribution < -0.4 is 4.90 Å². The molecule has 2 aromatic carbocycles. The van der Waals surface area contributed by atoms with Gasteiger partial charge in [0.25, 0.3) is 0 Å². The SMILES string of the molecule is CN(Cc1ccc2c(c1)COC2)c1ccc2c(c1)CCC[C@H]2CCc1cnccc1C(=O)O. The molecule has 1 atom stereocenters. The van der Waals surface area contributed by atoms with Crippen molar-refractivity contribution in [3.63, 3.8) is 0 Å². The molecule has 0 saturated heterocycles. The average molecular weight is 443 g/mol. The lowest BCUT2D eigenvalue weighted by molar-refractivity contribution is 0.0695. The summed E-state index contributed by atoms with van der Waals surface area (Å²) in [6.07, 6.45) is 8.38. The number of fused-ring (bicyclic) bond motifs is 2. The first kappa shape index (κ1) is 21.7. The number of pyridine rings is 1. The normalized spacial score (nSPS) is 16.8. The second-order valence-electron chi connectivity index (χ2n) is 9.30. The van der Waals surface area contributed by atoms with Crippen LogP contribution in [0.2, 0.25) is 0 Å². The molecule has 0 unspecified atom stereocenters. The van der Waals surface area contributed by atoms with Crippen molar-refractivity contribution in [3.8, 4) is 0 Å². The van der Waals surface area contributed by atoms with E-state index in [0.29, 0.717) is 11.5 Å². The number of carbonyl (C=O) groups is 1. The lowest BCUT2D eigenvalue weighted by atomic mass is 9.79. The summed E-state index contributed by atoms with van der Waals surface area (Å²) in [6, 6.07) is 15.2. The van der Waals surface area contributed by atoms with E-state index in [1.807, 2.05) is 0 Å². The Morgan fingerprint density at radius 3 is 2.88 bits per heavy atom. The summed E-state index contributed by atoms with van der Waals surface area (Å²) in [5.74, 6) is -0.410. The minimum absolute atomic E-state index is 0.371. The maximum atomic E-state index is 11.5. The number of carboxylic acids is 1. The number of anilines is 1. The van der Waals surface area contributed by atoms with Crippen LogP contribution in [0.15, 0.2) is 54.9 Å². The number of aromatic carboxylic acids is 1. The Balaban J connectivity index is 1.29. The zero-order valence-electron chi connectivity index (χ0n) is 19.1. The zero-order chi connectivity index (χ0) is 22.8. The van der Waals surface area contributed by atoms with E-state index in [-0.39, 0.29) is 0 Å². The fraction of sp³-hybridized carbons (Fsp3) is 0.357. The molecule has 5 nitrogen and oxygen atoms in total. The molecule has 0 bridgehead atoms. The predicted molar refractivity (Wildman–Crippen MR) is 129 cm³/mol. The first-order chi connectivity index (χ1) is 16.1. The summed E-state index contributed by atoms with van der Waals surface area (Å²) in [4.78, 5) is 18.0. The summed E-state index contributed by atoms with van der Waals surface area (Å²) in [5, 5.41) is 9.46. The molecule has 170 valence electrons. The van der Waals surface area contributed by atoms with Crippen LogP contribution in [0.5, 0.6) is 0 Å². The number of hydrogen-bond acceptors (Lipinski definition) is 4.